The lowest BCUT2D eigenvalue weighted by atomic mass is 10.1. The number of carbonyl (C=O) groups is 1. The maximum Gasteiger partial charge on any atom is 0.346 e. The van der Waals surface area contributed by atoms with Gasteiger partial charge in [-0.05, 0) is 30.2 Å². The predicted octanol–water partition coefficient (Wildman–Crippen LogP) is 3.64. The van der Waals surface area contributed by atoms with E-state index in [9.17, 15) is 4.79 Å². The van der Waals surface area contributed by atoms with Crippen LogP contribution in [0.2, 0.25) is 0 Å². The molecule has 0 radical (unpaired) electrons. The second-order valence-electron chi connectivity index (χ2n) is 4.84. The Morgan fingerprint density at radius 2 is 2.05 bits per heavy atom. The van der Waals surface area contributed by atoms with Crippen molar-refractivity contribution >= 4 is 17.7 Å². The summed E-state index contributed by atoms with van der Waals surface area (Å²) in [5.41, 5.74) is 2.52. The van der Waals surface area contributed by atoms with Gasteiger partial charge in [0.2, 0.25) is 0 Å². The van der Waals surface area contributed by atoms with Gasteiger partial charge in [-0.3, -0.25) is 0 Å². The predicted molar refractivity (Wildman–Crippen MR) is 89.5 cm³/mol. The lowest BCUT2D eigenvalue weighted by Gasteiger charge is -2.24. The summed E-state index contributed by atoms with van der Waals surface area (Å²) in [6, 6.07) is 9.05. The van der Waals surface area contributed by atoms with Gasteiger partial charge in [0, 0.05) is 18.8 Å². The van der Waals surface area contributed by atoms with E-state index in [2.05, 4.69) is 25.0 Å². The van der Waals surface area contributed by atoms with Crippen LogP contribution < -0.4 is 4.90 Å². The fourth-order valence-electron chi connectivity index (χ4n) is 1.89. The number of benzene rings is 1. The number of carboxylic acid groups (broad SMARTS) is 1. The highest BCUT2D eigenvalue weighted by Gasteiger charge is 2.08. The van der Waals surface area contributed by atoms with Gasteiger partial charge < -0.3 is 10.0 Å². The summed E-state index contributed by atoms with van der Waals surface area (Å²) in [6.45, 7) is 11.3. The summed E-state index contributed by atoms with van der Waals surface area (Å²) < 4.78 is 0. The van der Waals surface area contributed by atoms with Crippen molar-refractivity contribution in [2.45, 2.75) is 13.3 Å². The lowest BCUT2D eigenvalue weighted by molar-refractivity contribution is -0.132. The molecule has 1 N–H and O–H groups in total. The SMILES string of the molecule is C=CCN(CC(=C)CC)c1ccc(C=C(C#N)C(=O)O)cc1. The summed E-state index contributed by atoms with van der Waals surface area (Å²) in [5, 5.41) is 17.6. The monoisotopic (exact) mass is 296 g/mol. The van der Waals surface area contributed by atoms with Gasteiger partial charge in [-0.15, -0.1) is 6.58 Å². The third kappa shape index (κ3) is 4.95. The third-order valence-corrected chi connectivity index (χ3v) is 3.18. The van der Waals surface area contributed by atoms with E-state index in [1.165, 1.54) is 6.08 Å². The quantitative estimate of drug-likeness (QED) is 0.452. The molecule has 0 aliphatic carbocycles. The Kier molecular flexibility index (Phi) is 6.65. The molecule has 0 saturated carbocycles. The van der Waals surface area contributed by atoms with Crippen molar-refractivity contribution in [1.82, 2.24) is 0 Å². The van der Waals surface area contributed by atoms with E-state index in [0.717, 1.165) is 24.2 Å². The molecule has 1 aromatic rings. The van der Waals surface area contributed by atoms with Crippen LogP contribution in [0, 0.1) is 11.3 Å². The fourth-order valence-corrected chi connectivity index (χ4v) is 1.89. The first-order valence-electron chi connectivity index (χ1n) is 6.99. The van der Waals surface area contributed by atoms with Crippen LogP contribution in [0.25, 0.3) is 6.08 Å². The summed E-state index contributed by atoms with van der Waals surface area (Å²) in [7, 11) is 0. The number of carboxylic acids is 1. The molecular weight excluding hydrogens is 276 g/mol. The normalized spacial score (nSPS) is 10.6. The van der Waals surface area contributed by atoms with Crippen molar-refractivity contribution in [3.05, 3.63) is 60.2 Å². The van der Waals surface area contributed by atoms with Crippen molar-refractivity contribution in [2.24, 2.45) is 0 Å². The molecule has 0 bridgehead atoms. The minimum atomic E-state index is -1.22. The maximum absolute atomic E-state index is 10.8. The molecular formula is C18H20N2O2. The van der Waals surface area contributed by atoms with Crippen LogP contribution in [0.1, 0.15) is 18.9 Å². The Bertz CT molecular complexity index is 621. The number of hydrogen-bond donors (Lipinski definition) is 1. The Hall–Kier alpha value is -2.80. The van der Waals surface area contributed by atoms with Gasteiger partial charge in [0.1, 0.15) is 11.6 Å². The van der Waals surface area contributed by atoms with E-state index >= 15 is 0 Å². The molecule has 1 rings (SSSR count). The minimum absolute atomic E-state index is 0.282. The summed E-state index contributed by atoms with van der Waals surface area (Å²) in [6.07, 6.45) is 4.10. The van der Waals surface area contributed by atoms with Crippen LogP contribution in [0.5, 0.6) is 0 Å². The van der Waals surface area contributed by atoms with Gasteiger partial charge in [-0.25, -0.2) is 4.79 Å². The van der Waals surface area contributed by atoms with E-state index in [-0.39, 0.29) is 5.57 Å². The molecule has 0 fully saturated rings. The molecule has 22 heavy (non-hydrogen) atoms. The van der Waals surface area contributed by atoms with Crippen LogP contribution >= 0.6 is 0 Å². The average molecular weight is 296 g/mol. The Balaban J connectivity index is 2.98. The summed E-state index contributed by atoms with van der Waals surface area (Å²) >= 11 is 0. The third-order valence-electron chi connectivity index (χ3n) is 3.18. The smallest absolute Gasteiger partial charge is 0.346 e. The van der Waals surface area contributed by atoms with Gasteiger partial charge in [0.05, 0.1) is 0 Å². The molecule has 0 aliphatic heterocycles. The molecule has 4 heteroatoms. The van der Waals surface area contributed by atoms with E-state index in [1.807, 2.05) is 18.2 Å². The Morgan fingerprint density at radius 3 is 2.50 bits per heavy atom. The molecule has 0 spiro atoms. The van der Waals surface area contributed by atoms with Crippen molar-refractivity contribution in [3.8, 4) is 6.07 Å². The van der Waals surface area contributed by atoms with Crippen LogP contribution in [0.4, 0.5) is 5.69 Å². The second-order valence-corrected chi connectivity index (χ2v) is 4.84. The highest BCUT2D eigenvalue weighted by Crippen LogP contribution is 2.18. The zero-order valence-corrected chi connectivity index (χ0v) is 12.7. The zero-order chi connectivity index (χ0) is 16.5. The Morgan fingerprint density at radius 1 is 1.41 bits per heavy atom. The van der Waals surface area contributed by atoms with Crippen LogP contribution in [0.15, 0.2) is 54.6 Å². The first-order chi connectivity index (χ1) is 10.5. The molecule has 0 saturated heterocycles. The largest absolute Gasteiger partial charge is 0.477 e. The van der Waals surface area contributed by atoms with Gasteiger partial charge in [-0.1, -0.05) is 37.3 Å². The Labute approximate surface area is 131 Å². The first-order valence-corrected chi connectivity index (χ1v) is 6.99. The molecule has 114 valence electrons. The number of nitrogens with zero attached hydrogens (tertiary/aromatic N) is 2. The number of nitriles is 1. The summed E-state index contributed by atoms with van der Waals surface area (Å²) in [5.74, 6) is -1.22. The molecule has 0 heterocycles. The van der Waals surface area contributed by atoms with Crippen molar-refractivity contribution < 1.29 is 9.90 Å². The number of hydrogen-bond acceptors (Lipinski definition) is 3. The van der Waals surface area contributed by atoms with E-state index in [4.69, 9.17) is 10.4 Å². The molecule has 0 aliphatic rings. The first kappa shape index (κ1) is 17.3. The molecule has 0 amide bonds. The molecule has 0 unspecified atom stereocenters. The van der Waals surface area contributed by atoms with Crippen LogP contribution in [-0.4, -0.2) is 24.2 Å². The van der Waals surface area contributed by atoms with E-state index in [1.54, 1.807) is 18.2 Å². The number of anilines is 1. The average Bonchev–Trinajstić information content (AvgIpc) is 2.52. The molecule has 0 aromatic heterocycles. The van der Waals surface area contributed by atoms with Gasteiger partial charge in [0.15, 0.2) is 0 Å². The molecule has 4 nitrogen and oxygen atoms in total. The highest BCUT2D eigenvalue weighted by atomic mass is 16.4. The van der Waals surface area contributed by atoms with Gasteiger partial charge >= 0.3 is 5.97 Å². The number of rotatable bonds is 8. The van der Waals surface area contributed by atoms with Crippen LogP contribution in [-0.2, 0) is 4.79 Å². The minimum Gasteiger partial charge on any atom is -0.477 e. The number of aliphatic carboxylic acids is 1. The molecule has 1 aromatic carbocycles. The second kappa shape index (κ2) is 8.48. The van der Waals surface area contributed by atoms with Crippen molar-refractivity contribution in [3.63, 3.8) is 0 Å². The maximum atomic E-state index is 10.8. The standard InChI is InChI=1S/C18H20N2O2/c1-4-10-20(13-14(3)5-2)17-8-6-15(7-9-17)11-16(12-19)18(21)22/h4,6-9,11H,1,3,5,10,13H2,2H3,(H,21,22). The van der Waals surface area contributed by atoms with Crippen molar-refractivity contribution in [1.29, 1.82) is 5.26 Å². The van der Waals surface area contributed by atoms with Crippen molar-refractivity contribution in [2.75, 3.05) is 18.0 Å². The van der Waals surface area contributed by atoms with Crippen LogP contribution in [0.3, 0.4) is 0 Å². The highest BCUT2D eigenvalue weighted by molar-refractivity contribution is 5.96. The zero-order valence-electron chi connectivity index (χ0n) is 12.7. The molecule has 0 atom stereocenters. The van der Waals surface area contributed by atoms with Gasteiger partial charge in [0.25, 0.3) is 0 Å². The topological polar surface area (TPSA) is 64.3 Å². The van der Waals surface area contributed by atoms with Gasteiger partial charge in [-0.2, -0.15) is 5.26 Å². The fraction of sp³-hybridized carbons (Fsp3) is 0.222. The lowest BCUT2D eigenvalue weighted by Crippen LogP contribution is -2.25. The van der Waals surface area contributed by atoms with E-state index in [0.29, 0.717) is 12.1 Å². The summed E-state index contributed by atoms with van der Waals surface area (Å²) in [4.78, 5) is 13.0. The van der Waals surface area contributed by atoms with E-state index < -0.39 is 5.97 Å².